The van der Waals surface area contributed by atoms with Gasteiger partial charge < -0.3 is 9.88 Å². The zero-order valence-corrected chi connectivity index (χ0v) is 22.7. The summed E-state index contributed by atoms with van der Waals surface area (Å²) in [5.74, 6) is -0.00855. The molecule has 1 fully saturated rings. The fourth-order valence-corrected chi connectivity index (χ4v) is 7.42. The fraction of sp³-hybridized carbons (Fsp3) is 0.323. The zero-order chi connectivity index (χ0) is 25.8. The number of nitrogens with zero attached hydrogens (tertiary/aromatic N) is 2. The highest BCUT2D eigenvalue weighted by atomic mass is 35.5. The molecular weight excluding hydrogens is 501 g/mol. The lowest BCUT2D eigenvalue weighted by molar-refractivity contribution is -0.0141. The van der Waals surface area contributed by atoms with E-state index in [0.717, 1.165) is 37.6 Å². The van der Waals surface area contributed by atoms with Crippen LogP contribution in [0, 0.1) is 0 Å². The van der Waals surface area contributed by atoms with Crippen molar-refractivity contribution in [2.75, 3.05) is 20.6 Å². The van der Waals surface area contributed by atoms with Gasteiger partial charge in [0.1, 0.15) is 0 Å². The van der Waals surface area contributed by atoms with E-state index in [0.29, 0.717) is 22.2 Å². The summed E-state index contributed by atoms with van der Waals surface area (Å²) >= 11 is 12.6. The minimum absolute atomic E-state index is 0.00855. The minimum Gasteiger partial charge on any atom is -0.356 e. The van der Waals surface area contributed by atoms with Gasteiger partial charge in [-0.15, -0.1) is 0 Å². The molecule has 6 rings (SSSR count). The van der Waals surface area contributed by atoms with E-state index < -0.39 is 5.54 Å². The summed E-state index contributed by atoms with van der Waals surface area (Å²) in [5, 5.41) is 2.22. The third-order valence-corrected chi connectivity index (χ3v) is 9.24. The van der Waals surface area contributed by atoms with Crippen LogP contribution in [0.3, 0.4) is 0 Å². The van der Waals surface area contributed by atoms with E-state index in [-0.39, 0.29) is 11.4 Å². The molecule has 0 unspecified atom stereocenters. The molecule has 0 atom stereocenters. The van der Waals surface area contributed by atoms with Gasteiger partial charge in [0.2, 0.25) is 0 Å². The summed E-state index contributed by atoms with van der Waals surface area (Å²) in [6.45, 7) is 0.665. The Morgan fingerprint density at radius 1 is 0.892 bits per heavy atom. The molecule has 4 nitrogen and oxygen atoms in total. The lowest BCUT2D eigenvalue weighted by Gasteiger charge is -2.55. The molecule has 4 aromatic rings. The van der Waals surface area contributed by atoms with Gasteiger partial charge >= 0.3 is 0 Å². The number of benzene rings is 3. The Morgan fingerprint density at radius 3 is 2.22 bits per heavy atom. The van der Waals surface area contributed by atoms with Crippen molar-refractivity contribution in [1.29, 1.82) is 0 Å². The molecule has 3 aromatic carbocycles. The van der Waals surface area contributed by atoms with Crippen LogP contribution >= 0.6 is 23.2 Å². The number of nitrogens with one attached hydrogen (secondary N) is 1. The van der Waals surface area contributed by atoms with E-state index in [4.69, 9.17) is 23.2 Å². The van der Waals surface area contributed by atoms with Crippen molar-refractivity contribution in [2.45, 2.75) is 43.2 Å². The van der Waals surface area contributed by atoms with Crippen LogP contribution in [0.4, 0.5) is 0 Å². The van der Waals surface area contributed by atoms with Gasteiger partial charge in [0.05, 0.1) is 5.54 Å². The Bertz CT molecular complexity index is 1450. The normalized spacial score (nSPS) is 23.5. The Kier molecular flexibility index (Phi) is 6.10. The van der Waals surface area contributed by atoms with Crippen LogP contribution < -0.4 is 0 Å². The van der Waals surface area contributed by atoms with Gasteiger partial charge in [-0.3, -0.25) is 9.69 Å². The van der Waals surface area contributed by atoms with Gasteiger partial charge in [-0.1, -0.05) is 71.7 Å². The standard InChI is InChI=1S/C31H31Cl2N3O/c1-35(2)30(22-8-4-3-5-9-22)13-15-31(16-14-30)28-26(25-10-6-7-11-27(25)34-28)12-17-36(31)29(37)21-18-23(32)20-24(33)19-21/h3-11,18-20,34H,12-17H2,1-2H3. The molecule has 190 valence electrons. The number of fused-ring (bicyclic) bond motifs is 4. The van der Waals surface area contributed by atoms with E-state index in [9.17, 15) is 4.79 Å². The Hall–Kier alpha value is -2.79. The number of carbonyl (C=O) groups is 1. The number of carbonyl (C=O) groups excluding carboxylic acids is 1. The number of hydrogen-bond donors (Lipinski definition) is 1. The van der Waals surface area contributed by atoms with Gasteiger partial charge in [0.15, 0.2) is 0 Å². The number of amides is 1. The smallest absolute Gasteiger partial charge is 0.254 e. The summed E-state index contributed by atoms with van der Waals surface area (Å²) in [5.41, 5.74) is 5.06. The molecule has 0 saturated heterocycles. The van der Waals surface area contributed by atoms with Crippen LogP contribution in [0.25, 0.3) is 10.9 Å². The maximum Gasteiger partial charge on any atom is 0.254 e. The van der Waals surface area contributed by atoms with E-state index in [2.05, 4.69) is 83.5 Å². The average molecular weight is 533 g/mol. The summed E-state index contributed by atoms with van der Waals surface area (Å²) in [6, 6.07) is 24.5. The number of para-hydroxylation sites is 1. The molecule has 1 aliphatic carbocycles. The van der Waals surface area contributed by atoms with Gasteiger partial charge in [-0.25, -0.2) is 0 Å². The van der Waals surface area contributed by atoms with Crippen LogP contribution in [0.5, 0.6) is 0 Å². The zero-order valence-electron chi connectivity index (χ0n) is 21.2. The van der Waals surface area contributed by atoms with E-state index in [1.165, 1.54) is 22.2 Å². The molecule has 6 heteroatoms. The van der Waals surface area contributed by atoms with E-state index >= 15 is 0 Å². The first-order valence-electron chi connectivity index (χ1n) is 13.0. The second kappa shape index (κ2) is 9.20. The molecule has 1 aromatic heterocycles. The van der Waals surface area contributed by atoms with Crippen molar-refractivity contribution in [3.05, 3.63) is 105 Å². The predicted octanol–water partition coefficient (Wildman–Crippen LogP) is 7.40. The molecule has 2 aliphatic rings. The van der Waals surface area contributed by atoms with Crippen LogP contribution in [0.15, 0.2) is 72.8 Å². The topological polar surface area (TPSA) is 39.3 Å². The second-order valence-corrected chi connectivity index (χ2v) is 11.6. The Balaban J connectivity index is 1.47. The van der Waals surface area contributed by atoms with Crippen LogP contribution in [0.1, 0.15) is 52.9 Å². The lowest BCUT2D eigenvalue weighted by atomic mass is 9.65. The highest BCUT2D eigenvalue weighted by Gasteiger charge is 2.53. The third-order valence-electron chi connectivity index (χ3n) is 8.81. The van der Waals surface area contributed by atoms with Crippen LogP contribution in [-0.4, -0.2) is 41.3 Å². The number of H-pyrrole nitrogens is 1. The van der Waals surface area contributed by atoms with Crippen molar-refractivity contribution in [3.63, 3.8) is 0 Å². The average Bonchev–Trinajstić information content (AvgIpc) is 3.29. The minimum atomic E-state index is -0.424. The number of hydrogen-bond acceptors (Lipinski definition) is 2. The maximum atomic E-state index is 14.2. The fourth-order valence-electron chi connectivity index (χ4n) is 6.90. The Labute approximate surface area is 228 Å². The van der Waals surface area contributed by atoms with Crippen molar-refractivity contribution >= 4 is 40.0 Å². The van der Waals surface area contributed by atoms with Gasteiger partial charge in [0, 0.05) is 44.3 Å². The SMILES string of the molecule is CN(C)C1(c2ccccc2)CCC2(CC1)c1[nH]c3ccccc3c1CCN2C(=O)c1cc(Cl)cc(Cl)c1. The molecule has 0 radical (unpaired) electrons. The van der Waals surface area contributed by atoms with Crippen molar-refractivity contribution in [3.8, 4) is 0 Å². The largest absolute Gasteiger partial charge is 0.356 e. The van der Waals surface area contributed by atoms with Crippen LogP contribution in [0.2, 0.25) is 10.0 Å². The second-order valence-electron chi connectivity index (χ2n) is 10.7. The molecule has 0 bridgehead atoms. The molecule has 1 amide bonds. The highest BCUT2D eigenvalue weighted by Crippen LogP contribution is 2.54. The van der Waals surface area contributed by atoms with Gasteiger partial charge in [-0.2, -0.15) is 0 Å². The first-order valence-corrected chi connectivity index (χ1v) is 13.7. The quantitative estimate of drug-likeness (QED) is 0.299. The number of halogens is 2. The number of aromatic nitrogens is 1. The summed E-state index contributed by atoms with van der Waals surface area (Å²) in [6.07, 6.45) is 4.43. The van der Waals surface area contributed by atoms with Gasteiger partial charge in [-0.05, 0) is 81.6 Å². The molecule has 37 heavy (non-hydrogen) atoms. The first-order chi connectivity index (χ1) is 17.8. The molecular formula is C31H31Cl2N3O. The molecule has 1 aliphatic heterocycles. The predicted molar refractivity (Wildman–Crippen MR) is 151 cm³/mol. The third kappa shape index (κ3) is 3.89. The monoisotopic (exact) mass is 531 g/mol. The lowest BCUT2D eigenvalue weighted by Crippen LogP contribution is -2.58. The van der Waals surface area contributed by atoms with E-state index in [1.807, 2.05) is 0 Å². The maximum absolute atomic E-state index is 14.2. The molecule has 1 saturated carbocycles. The van der Waals surface area contributed by atoms with E-state index in [1.54, 1.807) is 18.2 Å². The van der Waals surface area contributed by atoms with Crippen molar-refractivity contribution < 1.29 is 4.79 Å². The summed E-state index contributed by atoms with van der Waals surface area (Å²) < 4.78 is 0. The molecule has 1 spiro atoms. The highest BCUT2D eigenvalue weighted by molar-refractivity contribution is 6.35. The molecule has 1 N–H and O–H groups in total. The van der Waals surface area contributed by atoms with Crippen LogP contribution in [-0.2, 0) is 17.5 Å². The number of aromatic amines is 1. The Morgan fingerprint density at radius 2 is 1.54 bits per heavy atom. The molecule has 2 heterocycles. The summed E-state index contributed by atoms with van der Waals surface area (Å²) in [4.78, 5) is 22.4. The van der Waals surface area contributed by atoms with Gasteiger partial charge in [0.25, 0.3) is 5.91 Å². The van der Waals surface area contributed by atoms with Crippen molar-refractivity contribution in [1.82, 2.24) is 14.8 Å². The number of rotatable bonds is 3. The summed E-state index contributed by atoms with van der Waals surface area (Å²) in [7, 11) is 4.36. The first kappa shape index (κ1) is 24.5. The van der Waals surface area contributed by atoms with Crippen molar-refractivity contribution in [2.24, 2.45) is 0 Å².